The summed E-state index contributed by atoms with van der Waals surface area (Å²) >= 11 is 0. The Labute approximate surface area is 292 Å². The summed E-state index contributed by atoms with van der Waals surface area (Å²) in [4.78, 5) is 2.43. The standard InChI is InChI=1S/C48H34N2/c1-4-18-35(19-5-1)40-26-10-13-30-44(40)50(45-31-14-11-27-41(45)36-20-6-2-7-21-36)39-25-16-22-37(34-39)42-29-17-33-47-48(42)43-28-12-15-32-46(43)49(47)38-23-8-3-9-24-38/h1-34H. The Morgan fingerprint density at radius 3 is 1.48 bits per heavy atom. The summed E-state index contributed by atoms with van der Waals surface area (Å²) in [5.74, 6) is 0. The van der Waals surface area contributed by atoms with Gasteiger partial charge in [-0.3, -0.25) is 0 Å². The van der Waals surface area contributed by atoms with E-state index in [1.54, 1.807) is 0 Å². The van der Waals surface area contributed by atoms with Crippen LogP contribution in [0.2, 0.25) is 0 Å². The average molecular weight is 639 g/mol. The van der Waals surface area contributed by atoms with Crippen LogP contribution in [0.1, 0.15) is 0 Å². The molecule has 8 aromatic carbocycles. The van der Waals surface area contributed by atoms with Gasteiger partial charge in [0.15, 0.2) is 0 Å². The van der Waals surface area contributed by atoms with Gasteiger partial charge in [0.05, 0.1) is 22.4 Å². The molecule has 50 heavy (non-hydrogen) atoms. The van der Waals surface area contributed by atoms with Crippen LogP contribution in [-0.2, 0) is 0 Å². The van der Waals surface area contributed by atoms with Crippen LogP contribution in [0.3, 0.4) is 0 Å². The highest BCUT2D eigenvalue weighted by Crippen LogP contribution is 2.46. The Morgan fingerprint density at radius 1 is 0.340 bits per heavy atom. The van der Waals surface area contributed by atoms with Gasteiger partial charge in [-0.2, -0.15) is 0 Å². The smallest absolute Gasteiger partial charge is 0.0547 e. The Morgan fingerprint density at radius 2 is 0.820 bits per heavy atom. The summed E-state index contributed by atoms with van der Waals surface area (Å²) in [6.45, 7) is 0. The van der Waals surface area contributed by atoms with E-state index in [1.165, 1.54) is 55.2 Å². The molecule has 0 aliphatic heterocycles. The highest BCUT2D eigenvalue weighted by molar-refractivity contribution is 6.16. The molecule has 9 rings (SSSR count). The number of hydrogen-bond acceptors (Lipinski definition) is 1. The van der Waals surface area contributed by atoms with E-state index >= 15 is 0 Å². The molecule has 0 unspecified atom stereocenters. The second-order valence-electron chi connectivity index (χ2n) is 12.5. The maximum absolute atomic E-state index is 2.43. The van der Waals surface area contributed by atoms with Crippen LogP contribution in [0.25, 0.3) is 60.9 Å². The third-order valence-corrected chi connectivity index (χ3v) is 9.59. The predicted molar refractivity (Wildman–Crippen MR) is 212 cm³/mol. The quantitative estimate of drug-likeness (QED) is 0.169. The zero-order chi connectivity index (χ0) is 33.3. The number of anilines is 3. The molecular formula is C48H34N2. The van der Waals surface area contributed by atoms with Gasteiger partial charge >= 0.3 is 0 Å². The van der Waals surface area contributed by atoms with Crippen LogP contribution >= 0.6 is 0 Å². The first-order valence-electron chi connectivity index (χ1n) is 17.1. The van der Waals surface area contributed by atoms with E-state index in [2.05, 4.69) is 216 Å². The predicted octanol–water partition coefficient (Wildman–Crippen LogP) is 13.3. The lowest BCUT2D eigenvalue weighted by atomic mass is 9.97. The Bertz CT molecular complexity index is 2500. The molecule has 0 spiro atoms. The number of nitrogens with zero attached hydrogens (tertiary/aromatic N) is 2. The van der Waals surface area contributed by atoms with Crippen molar-refractivity contribution < 1.29 is 0 Å². The minimum absolute atomic E-state index is 1.10. The third-order valence-electron chi connectivity index (χ3n) is 9.59. The fraction of sp³-hybridized carbons (Fsp3) is 0. The molecule has 0 aliphatic carbocycles. The van der Waals surface area contributed by atoms with Crippen molar-refractivity contribution in [2.45, 2.75) is 0 Å². The lowest BCUT2D eigenvalue weighted by Crippen LogP contribution is -2.12. The van der Waals surface area contributed by atoms with Gasteiger partial charge in [-0.05, 0) is 70.8 Å². The largest absolute Gasteiger partial charge is 0.309 e. The molecule has 2 heteroatoms. The fourth-order valence-corrected chi connectivity index (χ4v) is 7.40. The van der Waals surface area contributed by atoms with Gasteiger partial charge in [-0.1, -0.05) is 158 Å². The molecule has 0 fully saturated rings. The zero-order valence-corrected chi connectivity index (χ0v) is 27.5. The van der Waals surface area contributed by atoms with E-state index in [0.29, 0.717) is 0 Å². The van der Waals surface area contributed by atoms with E-state index < -0.39 is 0 Å². The minimum atomic E-state index is 1.10. The number of fused-ring (bicyclic) bond motifs is 3. The molecule has 0 saturated heterocycles. The molecule has 0 saturated carbocycles. The first-order valence-corrected chi connectivity index (χ1v) is 17.1. The minimum Gasteiger partial charge on any atom is -0.309 e. The first-order chi connectivity index (χ1) is 24.8. The number of benzene rings is 8. The van der Waals surface area contributed by atoms with Gasteiger partial charge < -0.3 is 9.47 Å². The third kappa shape index (κ3) is 5.15. The van der Waals surface area contributed by atoms with Crippen molar-refractivity contribution >= 4 is 38.9 Å². The molecule has 0 atom stereocenters. The number of hydrogen-bond donors (Lipinski definition) is 0. The van der Waals surface area contributed by atoms with Crippen LogP contribution in [0.5, 0.6) is 0 Å². The molecule has 0 N–H and O–H groups in total. The summed E-state index contributed by atoms with van der Waals surface area (Å²) in [6, 6.07) is 74.0. The van der Waals surface area contributed by atoms with Crippen LogP contribution in [0.4, 0.5) is 17.1 Å². The maximum Gasteiger partial charge on any atom is 0.0547 e. The Kier molecular flexibility index (Phi) is 7.53. The van der Waals surface area contributed by atoms with Crippen molar-refractivity contribution in [2.24, 2.45) is 0 Å². The van der Waals surface area contributed by atoms with Crippen LogP contribution in [0.15, 0.2) is 206 Å². The van der Waals surface area contributed by atoms with Crippen LogP contribution in [-0.4, -0.2) is 4.57 Å². The molecule has 1 heterocycles. The van der Waals surface area contributed by atoms with Crippen molar-refractivity contribution in [3.05, 3.63) is 206 Å². The number of rotatable bonds is 7. The van der Waals surface area contributed by atoms with Crippen molar-refractivity contribution in [3.8, 4) is 39.1 Å². The topological polar surface area (TPSA) is 8.17 Å². The summed E-state index contributed by atoms with van der Waals surface area (Å²) in [5.41, 5.74) is 14.0. The normalized spacial score (nSPS) is 11.2. The first kappa shape index (κ1) is 29.5. The van der Waals surface area contributed by atoms with Gasteiger partial charge in [-0.25, -0.2) is 0 Å². The molecule has 2 nitrogen and oxygen atoms in total. The van der Waals surface area contributed by atoms with Gasteiger partial charge in [0.2, 0.25) is 0 Å². The highest BCUT2D eigenvalue weighted by Gasteiger charge is 2.22. The Hall–Kier alpha value is -6.64. The molecule has 9 aromatic rings. The van der Waals surface area contributed by atoms with Crippen molar-refractivity contribution in [1.29, 1.82) is 0 Å². The summed E-state index contributed by atoms with van der Waals surface area (Å²) in [7, 11) is 0. The second-order valence-corrected chi connectivity index (χ2v) is 12.5. The van der Waals surface area contributed by atoms with Crippen LogP contribution in [0, 0.1) is 0 Å². The number of para-hydroxylation sites is 4. The van der Waals surface area contributed by atoms with Crippen molar-refractivity contribution in [1.82, 2.24) is 4.57 Å². The molecule has 1 aromatic heterocycles. The second kappa shape index (κ2) is 12.8. The Balaban J connectivity index is 1.29. The molecule has 0 radical (unpaired) electrons. The van der Waals surface area contributed by atoms with Crippen LogP contribution < -0.4 is 4.90 Å². The maximum atomic E-state index is 2.43. The summed E-state index contributed by atoms with van der Waals surface area (Å²) in [5, 5.41) is 2.50. The van der Waals surface area contributed by atoms with Gasteiger partial charge in [0.25, 0.3) is 0 Å². The van der Waals surface area contributed by atoms with E-state index in [1.807, 2.05) is 0 Å². The molecule has 236 valence electrons. The number of aromatic nitrogens is 1. The van der Waals surface area contributed by atoms with E-state index in [9.17, 15) is 0 Å². The average Bonchev–Trinajstić information content (AvgIpc) is 3.54. The molecule has 0 bridgehead atoms. The highest BCUT2D eigenvalue weighted by atomic mass is 15.1. The fourth-order valence-electron chi connectivity index (χ4n) is 7.40. The van der Waals surface area contributed by atoms with E-state index in [0.717, 1.165) is 22.7 Å². The van der Waals surface area contributed by atoms with Crippen molar-refractivity contribution in [3.63, 3.8) is 0 Å². The zero-order valence-electron chi connectivity index (χ0n) is 27.5. The van der Waals surface area contributed by atoms with Gasteiger partial charge in [-0.15, -0.1) is 0 Å². The lowest BCUT2D eigenvalue weighted by molar-refractivity contribution is 1.18. The van der Waals surface area contributed by atoms with E-state index in [-0.39, 0.29) is 0 Å². The molecule has 0 amide bonds. The van der Waals surface area contributed by atoms with Crippen molar-refractivity contribution in [2.75, 3.05) is 4.90 Å². The molecule has 0 aliphatic rings. The van der Waals surface area contributed by atoms with E-state index in [4.69, 9.17) is 0 Å². The SMILES string of the molecule is c1ccc(-c2ccccc2N(c2cccc(-c3cccc4c3c3ccccc3n4-c3ccccc3)c2)c2ccccc2-c2ccccc2)cc1. The molecular weight excluding hydrogens is 605 g/mol. The lowest BCUT2D eigenvalue weighted by Gasteiger charge is -2.30. The monoisotopic (exact) mass is 638 g/mol. The van der Waals surface area contributed by atoms with Gasteiger partial charge in [0.1, 0.15) is 0 Å². The summed E-state index contributed by atoms with van der Waals surface area (Å²) < 4.78 is 2.39. The summed E-state index contributed by atoms with van der Waals surface area (Å²) in [6.07, 6.45) is 0. The van der Waals surface area contributed by atoms with Gasteiger partial charge in [0, 0.05) is 33.3 Å².